The molecule has 1 unspecified atom stereocenters. The minimum Gasteiger partial charge on any atom is -0.493 e. The maximum absolute atomic E-state index is 13.8. The molecular weight excluding hydrogens is 544 g/mol. The molecule has 0 radical (unpaired) electrons. The Morgan fingerprint density at radius 2 is 1.75 bits per heavy atom. The van der Waals surface area contributed by atoms with E-state index in [0.29, 0.717) is 24.3 Å². The lowest BCUT2D eigenvalue weighted by Crippen LogP contribution is -2.45. The summed E-state index contributed by atoms with van der Waals surface area (Å²) in [6, 6.07) is 19.8. The molecule has 9 heteroatoms. The number of methoxy groups -OCH3 is 2. The largest absolute Gasteiger partial charge is 0.493 e. The van der Waals surface area contributed by atoms with E-state index in [4.69, 9.17) is 9.47 Å². The van der Waals surface area contributed by atoms with E-state index in [1.165, 1.54) is 30.7 Å². The van der Waals surface area contributed by atoms with Gasteiger partial charge in [0.25, 0.3) is 0 Å². The van der Waals surface area contributed by atoms with Gasteiger partial charge in [-0.15, -0.1) is 0 Å². The molecule has 1 heterocycles. The fourth-order valence-electron chi connectivity index (χ4n) is 4.52. The standard InChI is InChI=1S/C27H29BrN2O5S/c1-19-15-21-16-22(28)9-11-24(21)30(19)27(31)18-29(14-13-20-7-5-4-6-8-20)36(32,33)23-10-12-25(34-2)26(17-23)35-3/h4-12,16-17,19H,13-15,18H2,1-3H3. The van der Waals surface area contributed by atoms with Gasteiger partial charge in [0.2, 0.25) is 15.9 Å². The van der Waals surface area contributed by atoms with E-state index in [-0.39, 0.29) is 29.9 Å². The highest BCUT2D eigenvalue weighted by Crippen LogP contribution is 2.35. The maximum atomic E-state index is 13.8. The van der Waals surface area contributed by atoms with Gasteiger partial charge in [-0.3, -0.25) is 4.79 Å². The van der Waals surface area contributed by atoms with Crippen LogP contribution in [-0.2, 0) is 27.7 Å². The van der Waals surface area contributed by atoms with Crippen molar-refractivity contribution in [2.24, 2.45) is 0 Å². The number of rotatable bonds is 9. The first-order chi connectivity index (χ1) is 17.2. The average molecular weight is 574 g/mol. The van der Waals surface area contributed by atoms with Gasteiger partial charge in [0.05, 0.1) is 25.7 Å². The van der Waals surface area contributed by atoms with Gasteiger partial charge in [-0.1, -0.05) is 46.3 Å². The van der Waals surface area contributed by atoms with Crippen LogP contribution in [0.25, 0.3) is 0 Å². The van der Waals surface area contributed by atoms with Crippen LogP contribution < -0.4 is 14.4 Å². The number of amides is 1. The molecule has 1 aliphatic rings. The Balaban J connectivity index is 1.65. The minimum atomic E-state index is -4.01. The van der Waals surface area contributed by atoms with Crippen molar-refractivity contribution < 1.29 is 22.7 Å². The third-order valence-corrected chi connectivity index (χ3v) is 8.66. The SMILES string of the molecule is COc1ccc(S(=O)(=O)N(CCc2ccccc2)CC(=O)N2c3ccc(Br)cc3CC2C)cc1OC. The van der Waals surface area contributed by atoms with Gasteiger partial charge in [-0.2, -0.15) is 4.31 Å². The van der Waals surface area contributed by atoms with Gasteiger partial charge in [0.15, 0.2) is 11.5 Å². The predicted molar refractivity (Wildman–Crippen MR) is 143 cm³/mol. The fourth-order valence-corrected chi connectivity index (χ4v) is 6.33. The van der Waals surface area contributed by atoms with Crippen LogP contribution in [0, 0.1) is 0 Å². The van der Waals surface area contributed by atoms with E-state index in [2.05, 4.69) is 15.9 Å². The van der Waals surface area contributed by atoms with Crippen molar-refractivity contribution in [2.45, 2.75) is 30.7 Å². The predicted octanol–water partition coefficient (Wildman–Crippen LogP) is 4.68. The lowest BCUT2D eigenvalue weighted by molar-refractivity contribution is -0.119. The van der Waals surface area contributed by atoms with Crippen LogP contribution in [0.1, 0.15) is 18.1 Å². The zero-order valence-electron chi connectivity index (χ0n) is 20.5. The molecule has 1 amide bonds. The molecule has 3 aromatic carbocycles. The lowest BCUT2D eigenvalue weighted by atomic mass is 10.1. The number of hydrogen-bond donors (Lipinski definition) is 0. The first-order valence-corrected chi connectivity index (χ1v) is 13.8. The van der Waals surface area contributed by atoms with Crippen LogP contribution in [0.4, 0.5) is 5.69 Å². The van der Waals surface area contributed by atoms with Gasteiger partial charge >= 0.3 is 0 Å². The van der Waals surface area contributed by atoms with E-state index in [1.807, 2.05) is 55.5 Å². The Bertz CT molecular complexity index is 1350. The molecule has 4 rings (SSSR count). The van der Waals surface area contributed by atoms with Crippen molar-refractivity contribution in [2.75, 3.05) is 32.2 Å². The molecule has 0 saturated heterocycles. The second-order valence-electron chi connectivity index (χ2n) is 8.68. The number of fused-ring (bicyclic) bond motifs is 1. The lowest BCUT2D eigenvalue weighted by Gasteiger charge is -2.28. The summed E-state index contributed by atoms with van der Waals surface area (Å²) in [7, 11) is -1.07. The van der Waals surface area contributed by atoms with Gasteiger partial charge in [-0.05, 0) is 61.2 Å². The summed E-state index contributed by atoms with van der Waals surface area (Å²) in [4.78, 5) is 15.3. The number of carbonyl (C=O) groups is 1. The number of carbonyl (C=O) groups excluding carboxylic acids is 1. The van der Waals surface area contributed by atoms with Crippen LogP contribution in [0.5, 0.6) is 11.5 Å². The van der Waals surface area contributed by atoms with Gasteiger partial charge in [0.1, 0.15) is 0 Å². The summed E-state index contributed by atoms with van der Waals surface area (Å²) in [5, 5.41) is 0. The van der Waals surface area contributed by atoms with Gasteiger partial charge < -0.3 is 14.4 Å². The second kappa shape index (κ2) is 11.0. The Morgan fingerprint density at radius 1 is 1.03 bits per heavy atom. The molecule has 7 nitrogen and oxygen atoms in total. The first kappa shape index (κ1) is 26.2. The Hall–Kier alpha value is -2.88. The zero-order chi connectivity index (χ0) is 25.9. The van der Waals surface area contributed by atoms with Crippen molar-refractivity contribution in [1.82, 2.24) is 4.31 Å². The Morgan fingerprint density at radius 3 is 2.44 bits per heavy atom. The van der Waals surface area contributed by atoms with Gasteiger partial charge in [-0.25, -0.2) is 8.42 Å². The van der Waals surface area contributed by atoms with E-state index < -0.39 is 10.0 Å². The van der Waals surface area contributed by atoms with Crippen LogP contribution in [0.15, 0.2) is 76.1 Å². The first-order valence-electron chi connectivity index (χ1n) is 11.6. The number of sulfonamides is 1. The summed E-state index contributed by atoms with van der Waals surface area (Å²) < 4.78 is 40.4. The van der Waals surface area contributed by atoms with Crippen LogP contribution in [0.2, 0.25) is 0 Å². The third kappa shape index (κ3) is 5.43. The molecule has 36 heavy (non-hydrogen) atoms. The number of benzene rings is 3. The monoisotopic (exact) mass is 572 g/mol. The van der Waals surface area contributed by atoms with Crippen molar-refractivity contribution in [3.8, 4) is 11.5 Å². The number of hydrogen-bond acceptors (Lipinski definition) is 5. The molecule has 0 spiro atoms. The maximum Gasteiger partial charge on any atom is 0.243 e. The number of ether oxygens (including phenoxy) is 2. The highest BCUT2D eigenvalue weighted by atomic mass is 79.9. The summed E-state index contributed by atoms with van der Waals surface area (Å²) in [6.07, 6.45) is 1.19. The van der Waals surface area contributed by atoms with Crippen molar-refractivity contribution in [1.29, 1.82) is 0 Å². The van der Waals surface area contributed by atoms with E-state index in [1.54, 1.807) is 11.0 Å². The second-order valence-corrected chi connectivity index (χ2v) is 11.5. The molecule has 190 valence electrons. The molecule has 0 saturated carbocycles. The Labute approximate surface area is 220 Å². The third-order valence-electron chi connectivity index (χ3n) is 6.32. The quantitative estimate of drug-likeness (QED) is 0.372. The highest BCUT2D eigenvalue weighted by molar-refractivity contribution is 9.10. The summed E-state index contributed by atoms with van der Waals surface area (Å²) >= 11 is 3.49. The minimum absolute atomic E-state index is 0.0415. The average Bonchev–Trinajstić information content (AvgIpc) is 3.21. The van der Waals surface area contributed by atoms with E-state index in [9.17, 15) is 13.2 Å². The molecule has 0 fully saturated rings. The van der Waals surface area contributed by atoms with E-state index >= 15 is 0 Å². The molecular formula is C27H29BrN2O5S. The zero-order valence-corrected chi connectivity index (χ0v) is 22.9. The summed E-state index contributed by atoms with van der Waals surface area (Å²) in [5.74, 6) is 0.471. The highest BCUT2D eigenvalue weighted by Gasteiger charge is 2.35. The van der Waals surface area contributed by atoms with Crippen LogP contribution in [-0.4, -0.2) is 52.0 Å². The number of nitrogens with zero attached hydrogens (tertiary/aromatic N) is 2. The molecule has 0 bridgehead atoms. The Kier molecular flexibility index (Phi) is 8.02. The molecule has 1 atom stereocenters. The smallest absolute Gasteiger partial charge is 0.243 e. The van der Waals surface area contributed by atoms with E-state index in [0.717, 1.165) is 21.3 Å². The van der Waals surface area contributed by atoms with Crippen molar-refractivity contribution in [3.63, 3.8) is 0 Å². The summed E-state index contributed by atoms with van der Waals surface area (Å²) in [6.45, 7) is 1.86. The van der Waals surface area contributed by atoms with Gasteiger partial charge in [0, 0.05) is 28.8 Å². The molecule has 3 aromatic rings. The fraction of sp³-hybridized carbons (Fsp3) is 0.296. The van der Waals surface area contributed by atoms with Crippen molar-refractivity contribution in [3.05, 3.63) is 82.3 Å². The molecule has 0 aromatic heterocycles. The molecule has 1 aliphatic heterocycles. The topological polar surface area (TPSA) is 76.2 Å². The van der Waals surface area contributed by atoms with Crippen molar-refractivity contribution >= 4 is 37.5 Å². The normalized spacial score (nSPS) is 15.1. The van der Waals surface area contributed by atoms with Crippen LogP contribution in [0.3, 0.4) is 0 Å². The molecule has 0 N–H and O–H groups in total. The summed E-state index contributed by atoms with van der Waals surface area (Å²) in [5.41, 5.74) is 2.87. The van der Waals surface area contributed by atoms with Crippen LogP contribution >= 0.6 is 15.9 Å². The molecule has 0 aliphatic carbocycles. The number of halogens is 1. The number of anilines is 1.